The molecular formula is C10H9NO2. The molecule has 0 bridgehead atoms. The van der Waals surface area contributed by atoms with Gasteiger partial charge < -0.3 is 4.52 Å². The van der Waals surface area contributed by atoms with Crippen LogP contribution in [0, 0.1) is 6.92 Å². The molecule has 0 amide bonds. The molecule has 0 saturated carbocycles. The SMILES string of the molecule is Cc1ccccc1-c1cc(=O)o[nH]1. The van der Waals surface area contributed by atoms with Gasteiger partial charge in [-0.15, -0.1) is 0 Å². The van der Waals surface area contributed by atoms with Crippen molar-refractivity contribution in [1.82, 2.24) is 5.16 Å². The second-order valence-corrected chi connectivity index (χ2v) is 2.90. The van der Waals surface area contributed by atoms with Gasteiger partial charge in [0.2, 0.25) is 0 Å². The van der Waals surface area contributed by atoms with E-state index in [4.69, 9.17) is 0 Å². The first-order valence-corrected chi connectivity index (χ1v) is 4.02. The van der Waals surface area contributed by atoms with Gasteiger partial charge in [0, 0.05) is 5.56 Å². The third-order valence-corrected chi connectivity index (χ3v) is 1.96. The van der Waals surface area contributed by atoms with E-state index in [0.717, 1.165) is 16.8 Å². The number of benzene rings is 1. The summed E-state index contributed by atoms with van der Waals surface area (Å²) in [6, 6.07) is 9.25. The number of aromatic nitrogens is 1. The summed E-state index contributed by atoms with van der Waals surface area (Å²) in [6.45, 7) is 1.99. The van der Waals surface area contributed by atoms with Crippen LogP contribution in [0.4, 0.5) is 0 Å². The number of hydrogen-bond acceptors (Lipinski definition) is 2. The maximum Gasteiger partial charge on any atom is 0.357 e. The van der Waals surface area contributed by atoms with Gasteiger partial charge in [0.05, 0.1) is 11.8 Å². The molecule has 3 heteroatoms. The molecule has 0 aliphatic carbocycles. The Bertz CT molecular complexity index is 468. The maximum atomic E-state index is 10.8. The number of rotatable bonds is 1. The lowest BCUT2D eigenvalue weighted by Gasteiger charge is -1.99. The van der Waals surface area contributed by atoms with Crippen molar-refractivity contribution in [2.45, 2.75) is 6.92 Å². The van der Waals surface area contributed by atoms with E-state index in [2.05, 4.69) is 9.68 Å². The Morgan fingerprint density at radius 3 is 2.69 bits per heavy atom. The third-order valence-electron chi connectivity index (χ3n) is 1.96. The average molecular weight is 175 g/mol. The Morgan fingerprint density at radius 1 is 1.31 bits per heavy atom. The van der Waals surface area contributed by atoms with Gasteiger partial charge in [-0.05, 0) is 12.5 Å². The zero-order chi connectivity index (χ0) is 9.26. The third kappa shape index (κ3) is 1.40. The molecule has 0 fully saturated rings. The molecule has 0 aliphatic rings. The lowest BCUT2D eigenvalue weighted by Crippen LogP contribution is -1.86. The fourth-order valence-corrected chi connectivity index (χ4v) is 1.29. The van der Waals surface area contributed by atoms with E-state index in [0.29, 0.717) is 0 Å². The highest BCUT2D eigenvalue weighted by atomic mass is 16.5. The smallest absolute Gasteiger partial charge is 0.339 e. The van der Waals surface area contributed by atoms with Crippen molar-refractivity contribution in [3.05, 3.63) is 46.3 Å². The standard InChI is InChI=1S/C10H9NO2/c1-7-4-2-3-5-8(7)9-6-10(12)13-11-9/h2-6,11H,1H3. The van der Waals surface area contributed by atoms with Gasteiger partial charge >= 0.3 is 5.63 Å². The van der Waals surface area contributed by atoms with Gasteiger partial charge in [-0.2, -0.15) is 0 Å². The van der Waals surface area contributed by atoms with E-state index >= 15 is 0 Å². The summed E-state index contributed by atoms with van der Waals surface area (Å²) < 4.78 is 4.59. The molecule has 1 heterocycles. The Hall–Kier alpha value is -1.77. The molecule has 0 spiro atoms. The number of aromatic amines is 1. The fraction of sp³-hybridized carbons (Fsp3) is 0.100. The van der Waals surface area contributed by atoms with Crippen LogP contribution in [-0.4, -0.2) is 5.16 Å². The van der Waals surface area contributed by atoms with Crippen molar-refractivity contribution in [2.24, 2.45) is 0 Å². The Labute approximate surface area is 75.0 Å². The van der Waals surface area contributed by atoms with Crippen LogP contribution in [0.2, 0.25) is 0 Å². The van der Waals surface area contributed by atoms with Gasteiger partial charge in [-0.25, -0.2) is 9.95 Å². The predicted molar refractivity (Wildman–Crippen MR) is 49.5 cm³/mol. The average Bonchev–Trinajstić information content (AvgIpc) is 2.53. The summed E-state index contributed by atoms with van der Waals surface area (Å²) in [5, 5.41) is 2.58. The molecule has 1 aromatic carbocycles. The topological polar surface area (TPSA) is 46.0 Å². The summed E-state index contributed by atoms with van der Waals surface area (Å²) in [7, 11) is 0. The van der Waals surface area contributed by atoms with E-state index in [1.165, 1.54) is 6.07 Å². The lowest BCUT2D eigenvalue weighted by molar-refractivity contribution is 0.394. The molecule has 0 saturated heterocycles. The number of H-pyrrole nitrogens is 1. The van der Waals surface area contributed by atoms with E-state index in [1.54, 1.807) is 0 Å². The number of aryl methyl sites for hydroxylation is 1. The van der Waals surface area contributed by atoms with Gasteiger partial charge in [-0.3, -0.25) is 0 Å². The lowest BCUT2D eigenvalue weighted by atomic mass is 10.1. The first kappa shape index (κ1) is 7.86. The molecule has 2 rings (SSSR count). The van der Waals surface area contributed by atoms with Crippen LogP contribution in [0.1, 0.15) is 5.56 Å². The van der Waals surface area contributed by atoms with Gasteiger partial charge in [-0.1, -0.05) is 24.3 Å². The molecule has 1 aromatic heterocycles. The first-order valence-electron chi connectivity index (χ1n) is 4.02. The van der Waals surface area contributed by atoms with E-state index in [9.17, 15) is 4.79 Å². The van der Waals surface area contributed by atoms with Crippen LogP contribution < -0.4 is 5.63 Å². The Balaban J connectivity index is 2.58. The van der Waals surface area contributed by atoms with Crippen LogP contribution >= 0.6 is 0 Å². The van der Waals surface area contributed by atoms with Gasteiger partial charge in [0.25, 0.3) is 0 Å². The number of nitrogens with one attached hydrogen (secondary N) is 1. The van der Waals surface area contributed by atoms with Crippen molar-refractivity contribution >= 4 is 0 Å². The van der Waals surface area contributed by atoms with Crippen LogP contribution in [0.25, 0.3) is 11.3 Å². The fourth-order valence-electron chi connectivity index (χ4n) is 1.29. The van der Waals surface area contributed by atoms with Crippen LogP contribution in [0.5, 0.6) is 0 Å². The normalized spacial score (nSPS) is 10.2. The molecule has 0 atom stereocenters. The van der Waals surface area contributed by atoms with Gasteiger partial charge in [0.15, 0.2) is 0 Å². The molecule has 2 aromatic rings. The minimum atomic E-state index is -0.349. The molecule has 0 radical (unpaired) electrons. The van der Waals surface area contributed by atoms with Crippen molar-refractivity contribution in [2.75, 3.05) is 0 Å². The molecule has 1 N–H and O–H groups in total. The van der Waals surface area contributed by atoms with Crippen molar-refractivity contribution in [3.8, 4) is 11.3 Å². The molecule has 13 heavy (non-hydrogen) atoms. The summed E-state index contributed by atoms with van der Waals surface area (Å²) in [5.41, 5.74) is 2.48. The van der Waals surface area contributed by atoms with Crippen molar-refractivity contribution in [1.29, 1.82) is 0 Å². The predicted octanol–water partition coefficient (Wildman–Crippen LogP) is 1.94. The highest BCUT2D eigenvalue weighted by Crippen LogP contribution is 2.18. The van der Waals surface area contributed by atoms with Crippen LogP contribution in [0.15, 0.2) is 39.6 Å². The van der Waals surface area contributed by atoms with Crippen LogP contribution in [-0.2, 0) is 0 Å². The first-order chi connectivity index (χ1) is 6.27. The maximum absolute atomic E-state index is 10.8. The van der Waals surface area contributed by atoms with Gasteiger partial charge in [0.1, 0.15) is 0 Å². The molecule has 0 aliphatic heterocycles. The molecular weight excluding hydrogens is 166 g/mol. The summed E-state index contributed by atoms with van der Waals surface area (Å²) in [6.07, 6.45) is 0. The molecule has 0 unspecified atom stereocenters. The quantitative estimate of drug-likeness (QED) is 0.719. The summed E-state index contributed by atoms with van der Waals surface area (Å²) in [5.74, 6) is 0. The highest BCUT2D eigenvalue weighted by molar-refractivity contribution is 5.62. The van der Waals surface area contributed by atoms with Crippen LogP contribution in [0.3, 0.4) is 0 Å². The Morgan fingerprint density at radius 2 is 2.08 bits per heavy atom. The largest absolute Gasteiger partial charge is 0.357 e. The van der Waals surface area contributed by atoms with E-state index < -0.39 is 0 Å². The summed E-state index contributed by atoms with van der Waals surface area (Å²) >= 11 is 0. The second kappa shape index (κ2) is 2.94. The van der Waals surface area contributed by atoms with Crippen molar-refractivity contribution < 1.29 is 4.52 Å². The zero-order valence-electron chi connectivity index (χ0n) is 7.20. The molecule has 3 nitrogen and oxygen atoms in total. The number of hydrogen-bond donors (Lipinski definition) is 1. The molecule has 66 valence electrons. The second-order valence-electron chi connectivity index (χ2n) is 2.90. The van der Waals surface area contributed by atoms with E-state index in [1.807, 2.05) is 31.2 Å². The monoisotopic (exact) mass is 175 g/mol. The Kier molecular flexibility index (Phi) is 1.77. The van der Waals surface area contributed by atoms with Crippen molar-refractivity contribution in [3.63, 3.8) is 0 Å². The zero-order valence-corrected chi connectivity index (χ0v) is 7.20. The minimum Gasteiger partial charge on any atom is -0.339 e. The summed E-state index contributed by atoms with van der Waals surface area (Å²) in [4.78, 5) is 10.8. The minimum absolute atomic E-state index is 0.349. The highest BCUT2D eigenvalue weighted by Gasteiger charge is 2.03. The van der Waals surface area contributed by atoms with E-state index in [-0.39, 0.29) is 5.63 Å².